The van der Waals surface area contributed by atoms with Gasteiger partial charge < -0.3 is 4.74 Å². The van der Waals surface area contributed by atoms with Crippen molar-refractivity contribution >= 4 is 5.97 Å². The molecule has 0 aromatic heterocycles. The van der Waals surface area contributed by atoms with E-state index in [2.05, 4.69) is 10.8 Å². The van der Waals surface area contributed by atoms with Crippen molar-refractivity contribution in [1.82, 2.24) is 0 Å². The highest BCUT2D eigenvalue weighted by Crippen LogP contribution is 2.23. The number of allylic oxidation sites excluding steroid dienone is 2. The summed E-state index contributed by atoms with van der Waals surface area (Å²) in [5, 5.41) is 8.54. The number of ether oxygens (including phenoxy) is 1. The minimum atomic E-state index is -0.164. The molecule has 0 saturated heterocycles. The summed E-state index contributed by atoms with van der Waals surface area (Å²) >= 11 is 0. The molecule has 12 heavy (non-hydrogen) atoms. The molecule has 0 aromatic rings. The summed E-state index contributed by atoms with van der Waals surface area (Å²) in [7, 11) is 1.39. The van der Waals surface area contributed by atoms with Gasteiger partial charge in [-0.15, -0.1) is 0 Å². The zero-order valence-electron chi connectivity index (χ0n) is 7.04. The minimum Gasteiger partial charge on any atom is -0.469 e. The van der Waals surface area contributed by atoms with Crippen LogP contribution < -0.4 is 0 Å². The molecule has 0 aromatic carbocycles. The summed E-state index contributed by atoms with van der Waals surface area (Å²) < 4.78 is 4.61. The van der Waals surface area contributed by atoms with Gasteiger partial charge in [0.05, 0.1) is 19.1 Å². The van der Waals surface area contributed by atoms with Crippen molar-refractivity contribution in [3.63, 3.8) is 0 Å². The van der Waals surface area contributed by atoms with Crippen molar-refractivity contribution in [3.05, 3.63) is 11.6 Å². The van der Waals surface area contributed by atoms with Gasteiger partial charge in [0.1, 0.15) is 0 Å². The molecule has 1 unspecified atom stereocenters. The van der Waals surface area contributed by atoms with E-state index in [0.29, 0.717) is 12.8 Å². The predicted octanol–water partition coefficient (Wildman–Crippen LogP) is 1.41. The molecule has 1 rings (SSSR count). The number of carbonyl (C=O) groups is 1. The molecular weight excluding hydrogens is 154 g/mol. The second kappa shape index (κ2) is 3.91. The van der Waals surface area contributed by atoms with Crippen LogP contribution in [-0.2, 0) is 9.53 Å². The first-order valence-electron chi connectivity index (χ1n) is 3.95. The van der Waals surface area contributed by atoms with Gasteiger partial charge in [0.15, 0.2) is 0 Å². The average Bonchev–Trinajstić information content (AvgIpc) is 2.17. The number of carbonyl (C=O) groups excluding carboxylic acids is 1. The lowest BCUT2D eigenvalue weighted by atomic mass is 9.90. The third-order valence-corrected chi connectivity index (χ3v) is 2.09. The summed E-state index contributed by atoms with van der Waals surface area (Å²) in [6.45, 7) is 0. The van der Waals surface area contributed by atoms with E-state index < -0.39 is 0 Å². The van der Waals surface area contributed by atoms with Crippen LogP contribution in [0.15, 0.2) is 11.6 Å². The summed E-state index contributed by atoms with van der Waals surface area (Å²) in [5.41, 5.74) is 0.787. The Hall–Kier alpha value is -1.30. The van der Waals surface area contributed by atoms with E-state index in [1.54, 1.807) is 0 Å². The maximum absolute atomic E-state index is 11.0. The molecule has 1 aliphatic rings. The lowest BCUT2D eigenvalue weighted by Gasteiger charge is -2.16. The second-order valence-electron chi connectivity index (χ2n) is 2.84. The van der Waals surface area contributed by atoms with Gasteiger partial charge in [-0.1, -0.05) is 6.08 Å². The van der Waals surface area contributed by atoms with Crippen LogP contribution in [0.3, 0.4) is 0 Å². The van der Waals surface area contributed by atoms with Crippen molar-refractivity contribution < 1.29 is 9.53 Å². The molecule has 0 radical (unpaired) electrons. The van der Waals surface area contributed by atoms with Crippen molar-refractivity contribution in [3.8, 4) is 6.07 Å². The SMILES string of the molecule is COC(=O)C1CC=C(C#N)CC1. The van der Waals surface area contributed by atoms with E-state index in [1.807, 2.05) is 6.08 Å². The van der Waals surface area contributed by atoms with Crippen molar-refractivity contribution in [2.24, 2.45) is 5.92 Å². The van der Waals surface area contributed by atoms with Crippen LogP contribution in [0.1, 0.15) is 19.3 Å². The van der Waals surface area contributed by atoms with E-state index in [1.165, 1.54) is 7.11 Å². The summed E-state index contributed by atoms with van der Waals surface area (Å²) in [5.74, 6) is -0.199. The molecule has 1 aliphatic carbocycles. The summed E-state index contributed by atoms with van der Waals surface area (Å²) in [6.07, 6.45) is 3.92. The lowest BCUT2D eigenvalue weighted by molar-refractivity contribution is -0.145. The standard InChI is InChI=1S/C9H11NO2/c1-12-9(11)8-4-2-7(6-10)3-5-8/h2,8H,3-5H2,1H3. The Bertz CT molecular complexity index is 250. The van der Waals surface area contributed by atoms with E-state index >= 15 is 0 Å². The molecule has 0 heterocycles. The number of esters is 1. The fourth-order valence-corrected chi connectivity index (χ4v) is 1.32. The van der Waals surface area contributed by atoms with Crippen molar-refractivity contribution in [1.29, 1.82) is 5.26 Å². The zero-order chi connectivity index (χ0) is 8.97. The Morgan fingerprint density at radius 2 is 2.58 bits per heavy atom. The Morgan fingerprint density at radius 1 is 1.83 bits per heavy atom. The number of nitriles is 1. The van der Waals surface area contributed by atoms with Crippen LogP contribution in [0, 0.1) is 17.2 Å². The lowest BCUT2D eigenvalue weighted by Crippen LogP contribution is -2.18. The molecular formula is C9H11NO2. The number of hydrogen-bond acceptors (Lipinski definition) is 3. The number of methoxy groups -OCH3 is 1. The molecule has 0 fully saturated rings. The smallest absolute Gasteiger partial charge is 0.308 e. The normalized spacial score (nSPS) is 22.3. The molecule has 3 heteroatoms. The maximum atomic E-state index is 11.0. The highest BCUT2D eigenvalue weighted by molar-refractivity contribution is 5.72. The largest absolute Gasteiger partial charge is 0.469 e. The first-order chi connectivity index (χ1) is 5.77. The Morgan fingerprint density at radius 3 is 3.00 bits per heavy atom. The Balaban J connectivity index is 2.53. The van der Waals surface area contributed by atoms with E-state index in [4.69, 9.17) is 5.26 Å². The molecule has 3 nitrogen and oxygen atoms in total. The van der Waals surface area contributed by atoms with Crippen LogP contribution >= 0.6 is 0 Å². The van der Waals surface area contributed by atoms with E-state index in [-0.39, 0.29) is 11.9 Å². The van der Waals surface area contributed by atoms with Gasteiger partial charge in [0, 0.05) is 5.57 Å². The number of nitrogens with zero attached hydrogens (tertiary/aromatic N) is 1. The van der Waals surface area contributed by atoms with Gasteiger partial charge in [0.25, 0.3) is 0 Å². The van der Waals surface area contributed by atoms with Gasteiger partial charge >= 0.3 is 5.97 Å². The van der Waals surface area contributed by atoms with Gasteiger partial charge in [-0.25, -0.2) is 0 Å². The van der Waals surface area contributed by atoms with Gasteiger partial charge in [0.2, 0.25) is 0 Å². The molecule has 0 saturated carbocycles. The molecule has 0 spiro atoms. The fourth-order valence-electron chi connectivity index (χ4n) is 1.32. The average molecular weight is 165 g/mol. The second-order valence-corrected chi connectivity index (χ2v) is 2.84. The Labute approximate surface area is 71.6 Å². The molecule has 0 N–H and O–H groups in total. The van der Waals surface area contributed by atoms with Gasteiger partial charge in [-0.3, -0.25) is 4.79 Å². The van der Waals surface area contributed by atoms with Crippen LogP contribution in [0.2, 0.25) is 0 Å². The third kappa shape index (κ3) is 1.85. The molecule has 0 aliphatic heterocycles. The summed E-state index contributed by atoms with van der Waals surface area (Å²) in [4.78, 5) is 11.0. The highest BCUT2D eigenvalue weighted by Gasteiger charge is 2.21. The van der Waals surface area contributed by atoms with Gasteiger partial charge in [-0.2, -0.15) is 5.26 Å². The minimum absolute atomic E-state index is 0.0351. The maximum Gasteiger partial charge on any atom is 0.308 e. The predicted molar refractivity (Wildman–Crippen MR) is 43.1 cm³/mol. The van der Waals surface area contributed by atoms with Crippen molar-refractivity contribution in [2.75, 3.05) is 7.11 Å². The van der Waals surface area contributed by atoms with Crippen LogP contribution in [-0.4, -0.2) is 13.1 Å². The third-order valence-electron chi connectivity index (χ3n) is 2.09. The number of rotatable bonds is 1. The van der Waals surface area contributed by atoms with Crippen LogP contribution in [0.25, 0.3) is 0 Å². The van der Waals surface area contributed by atoms with E-state index in [0.717, 1.165) is 12.0 Å². The number of hydrogen-bond donors (Lipinski definition) is 0. The van der Waals surface area contributed by atoms with Crippen LogP contribution in [0.4, 0.5) is 0 Å². The van der Waals surface area contributed by atoms with Crippen LogP contribution in [0.5, 0.6) is 0 Å². The molecule has 0 amide bonds. The summed E-state index contributed by atoms with van der Waals surface area (Å²) in [6, 6.07) is 2.09. The molecule has 0 bridgehead atoms. The van der Waals surface area contributed by atoms with E-state index in [9.17, 15) is 4.79 Å². The quantitative estimate of drug-likeness (QED) is 0.552. The monoisotopic (exact) mass is 165 g/mol. The first kappa shape index (κ1) is 8.79. The van der Waals surface area contributed by atoms with Crippen molar-refractivity contribution in [2.45, 2.75) is 19.3 Å². The Kier molecular flexibility index (Phi) is 2.87. The highest BCUT2D eigenvalue weighted by atomic mass is 16.5. The zero-order valence-corrected chi connectivity index (χ0v) is 7.04. The van der Waals surface area contributed by atoms with Gasteiger partial charge in [-0.05, 0) is 19.3 Å². The molecule has 64 valence electrons. The first-order valence-corrected chi connectivity index (χ1v) is 3.95. The molecule has 1 atom stereocenters. The fraction of sp³-hybridized carbons (Fsp3) is 0.556. The topological polar surface area (TPSA) is 50.1 Å².